The fraction of sp³-hybridized carbons (Fsp3) is 0.370. The van der Waals surface area contributed by atoms with E-state index in [1.165, 1.54) is 5.56 Å². The lowest BCUT2D eigenvalue weighted by Crippen LogP contribution is -2.47. The number of hydrogen-bond donors (Lipinski definition) is 4. The second-order valence-corrected chi connectivity index (χ2v) is 9.02. The Balaban J connectivity index is 1.33. The Morgan fingerprint density at radius 2 is 1.78 bits per heavy atom. The molecular weight excluding hydrogens is 454 g/mol. The third kappa shape index (κ3) is 7.74. The van der Waals surface area contributed by atoms with Crippen LogP contribution in [0.4, 0.5) is 17.3 Å². The molecule has 0 radical (unpaired) electrons. The van der Waals surface area contributed by atoms with Crippen LogP contribution in [-0.4, -0.2) is 83.7 Å². The summed E-state index contributed by atoms with van der Waals surface area (Å²) < 4.78 is 0. The van der Waals surface area contributed by atoms with Crippen LogP contribution in [0.25, 0.3) is 11.1 Å². The zero-order valence-electron chi connectivity index (χ0n) is 20.8. The van der Waals surface area contributed by atoms with Gasteiger partial charge < -0.3 is 21.1 Å². The first kappa shape index (κ1) is 25.6. The van der Waals surface area contributed by atoms with Gasteiger partial charge in [-0.2, -0.15) is 0 Å². The van der Waals surface area contributed by atoms with E-state index in [4.69, 9.17) is 5.11 Å². The fourth-order valence-electron chi connectivity index (χ4n) is 4.28. The van der Waals surface area contributed by atoms with Crippen molar-refractivity contribution in [2.75, 3.05) is 63.5 Å². The van der Waals surface area contributed by atoms with E-state index in [9.17, 15) is 4.79 Å². The van der Waals surface area contributed by atoms with E-state index in [2.05, 4.69) is 55.1 Å². The number of aliphatic carboxylic acids is 1. The number of benzene rings is 1. The zero-order valence-corrected chi connectivity index (χ0v) is 20.8. The number of carboxylic acids is 1. The SMILES string of the molecule is CNCCCNc1ccc(-c2ccnc(Nc3cccc(CN4CCN(CC(=O)O)CC4)c3)c2)cn1. The quantitative estimate of drug-likeness (QED) is 0.286. The molecule has 0 saturated carbocycles. The van der Waals surface area contributed by atoms with Gasteiger partial charge in [-0.05, 0) is 67.5 Å². The molecule has 190 valence electrons. The smallest absolute Gasteiger partial charge is 0.317 e. The zero-order chi connectivity index (χ0) is 25.2. The molecule has 0 bridgehead atoms. The number of anilines is 3. The first-order chi connectivity index (χ1) is 17.6. The van der Waals surface area contributed by atoms with Crippen molar-refractivity contribution in [2.24, 2.45) is 0 Å². The standard InChI is InChI=1S/C27H35N7O2/c1-28-9-3-10-29-25-7-6-23(18-31-25)22-8-11-30-26(17-22)32-24-5-2-4-21(16-24)19-33-12-14-34(15-13-33)20-27(35)36/h2,4-8,11,16-18,28H,3,9-10,12-15,19-20H2,1H3,(H,29,31)(H,30,32)(H,35,36). The van der Waals surface area contributed by atoms with Gasteiger partial charge in [0, 0.05) is 62.9 Å². The van der Waals surface area contributed by atoms with Crippen LogP contribution in [0.1, 0.15) is 12.0 Å². The van der Waals surface area contributed by atoms with Gasteiger partial charge in [0.25, 0.3) is 0 Å². The molecule has 4 N–H and O–H groups in total. The molecule has 1 aliphatic rings. The Morgan fingerprint density at radius 1 is 0.944 bits per heavy atom. The van der Waals surface area contributed by atoms with Gasteiger partial charge in [-0.1, -0.05) is 12.1 Å². The molecule has 2 aromatic heterocycles. The summed E-state index contributed by atoms with van der Waals surface area (Å²) in [5, 5.41) is 18.9. The molecule has 9 nitrogen and oxygen atoms in total. The van der Waals surface area contributed by atoms with Crippen molar-refractivity contribution in [2.45, 2.75) is 13.0 Å². The van der Waals surface area contributed by atoms with E-state index in [-0.39, 0.29) is 6.54 Å². The number of aromatic nitrogens is 2. The summed E-state index contributed by atoms with van der Waals surface area (Å²) in [5.74, 6) is 0.893. The molecule has 1 aromatic carbocycles. The highest BCUT2D eigenvalue weighted by atomic mass is 16.4. The summed E-state index contributed by atoms with van der Waals surface area (Å²) in [6.07, 6.45) is 4.74. The number of nitrogens with zero attached hydrogens (tertiary/aromatic N) is 4. The molecule has 3 aromatic rings. The number of pyridine rings is 2. The first-order valence-corrected chi connectivity index (χ1v) is 12.4. The van der Waals surface area contributed by atoms with Crippen LogP contribution < -0.4 is 16.0 Å². The Morgan fingerprint density at radius 3 is 2.53 bits per heavy atom. The van der Waals surface area contributed by atoms with Crippen LogP contribution >= 0.6 is 0 Å². The van der Waals surface area contributed by atoms with E-state index in [0.717, 1.165) is 80.7 Å². The second kappa shape index (κ2) is 13.0. The summed E-state index contributed by atoms with van der Waals surface area (Å²) in [6.45, 7) is 6.12. The third-order valence-corrected chi connectivity index (χ3v) is 6.20. The molecule has 1 fully saturated rings. The van der Waals surface area contributed by atoms with Gasteiger partial charge in [-0.15, -0.1) is 0 Å². The van der Waals surface area contributed by atoms with Crippen LogP contribution in [0.2, 0.25) is 0 Å². The number of rotatable bonds is 12. The fourth-order valence-corrected chi connectivity index (χ4v) is 4.28. The van der Waals surface area contributed by atoms with Crippen LogP contribution in [-0.2, 0) is 11.3 Å². The summed E-state index contributed by atoms with van der Waals surface area (Å²) in [6, 6.07) is 16.5. The van der Waals surface area contributed by atoms with Crippen molar-refractivity contribution in [3.63, 3.8) is 0 Å². The largest absolute Gasteiger partial charge is 0.480 e. The predicted octanol–water partition coefficient (Wildman–Crippen LogP) is 3.11. The van der Waals surface area contributed by atoms with Crippen molar-refractivity contribution in [3.05, 3.63) is 66.5 Å². The van der Waals surface area contributed by atoms with Crippen LogP contribution in [0.3, 0.4) is 0 Å². The number of nitrogens with one attached hydrogen (secondary N) is 3. The lowest BCUT2D eigenvalue weighted by atomic mass is 10.1. The van der Waals surface area contributed by atoms with E-state index in [1.54, 1.807) is 0 Å². The van der Waals surface area contributed by atoms with Crippen molar-refractivity contribution < 1.29 is 9.90 Å². The number of hydrogen-bond acceptors (Lipinski definition) is 8. The number of carboxylic acid groups (broad SMARTS) is 1. The topological polar surface area (TPSA) is 106 Å². The second-order valence-electron chi connectivity index (χ2n) is 9.02. The minimum atomic E-state index is -0.763. The maximum absolute atomic E-state index is 10.9. The van der Waals surface area contributed by atoms with E-state index in [0.29, 0.717) is 0 Å². The highest BCUT2D eigenvalue weighted by Crippen LogP contribution is 2.24. The lowest BCUT2D eigenvalue weighted by Gasteiger charge is -2.33. The molecule has 0 aliphatic carbocycles. The summed E-state index contributed by atoms with van der Waals surface area (Å²) in [7, 11) is 1.96. The van der Waals surface area contributed by atoms with Crippen LogP contribution in [0.5, 0.6) is 0 Å². The minimum Gasteiger partial charge on any atom is -0.480 e. The maximum atomic E-state index is 10.9. The molecule has 1 saturated heterocycles. The van der Waals surface area contributed by atoms with Gasteiger partial charge in [0.05, 0.1) is 6.54 Å². The minimum absolute atomic E-state index is 0.118. The molecule has 9 heteroatoms. The monoisotopic (exact) mass is 489 g/mol. The first-order valence-electron chi connectivity index (χ1n) is 12.4. The molecular formula is C27H35N7O2. The highest BCUT2D eigenvalue weighted by Gasteiger charge is 2.18. The molecule has 3 heterocycles. The third-order valence-electron chi connectivity index (χ3n) is 6.20. The van der Waals surface area contributed by atoms with Gasteiger partial charge >= 0.3 is 5.97 Å². The molecule has 0 atom stereocenters. The van der Waals surface area contributed by atoms with Crippen LogP contribution in [0, 0.1) is 0 Å². The molecule has 0 unspecified atom stereocenters. The predicted molar refractivity (Wildman–Crippen MR) is 144 cm³/mol. The molecule has 4 rings (SSSR count). The normalized spacial score (nSPS) is 14.5. The van der Waals surface area contributed by atoms with Crippen molar-refractivity contribution in [1.29, 1.82) is 0 Å². The van der Waals surface area contributed by atoms with Crippen molar-refractivity contribution >= 4 is 23.3 Å². The summed E-state index contributed by atoms with van der Waals surface area (Å²) in [5.41, 5.74) is 4.29. The Bertz CT molecular complexity index is 1120. The molecule has 36 heavy (non-hydrogen) atoms. The van der Waals surface area contributed by atoms with Gasteiger partial charge in [-0.3, -0.25) is 14.6 Å². The van der Waals surface area contributed by atoms with E-state index in [1.807, 2.05) is 48.6 Å². The van der Waals surface area contributed by atoms with Crippen molar-refractivity contribution in [3.8, 4) is 11.1 Å². The van der Waals surface area contributed by atoms with E-state index < -0.39 is 5.97 Å². The van der Waals surface area contributed by atoms with Crippen molar-refractivity contribution in [1.82, 2.24) is 25.1 Å². The van der Waals surface area contributed by atoms with E-state index >= 15 is 0 Å². The lowest BCUT2D eigenvalue weighted by molar-refractivity contribution is -0.138. The Kier molecular flexibility index (Phi) is 9.21. The average molecular weight is 490 g/mol. The maximum Gasteiger partial charge on any atom is 0.317 e. The van der Waals surface area contributed by atoms with Gasteiger partial charge in [0.1, 0.15) is 11.6 Å². The van der Waals surface area contributed by atoms with Gasteiger partial charge in [-0.25, -0.2) is 9.97 Å². The van der Waals surface area contributed by atoms with Gasteiger partial charge in [0.15, 0.2) is 0 Å². The highest BCUT2D eigenvalue weighted by molar-refractivity contribution is 5.69. The molecule has 0 amide bonds. The Hall–Kier alpha value is -3.53. The van der Waals surface area contributed by atoms with Crippen LogP contribution in [0.15, 0.2) is 60.9 Å². The number of carbonyl (C=O) groups is 1. The number of piperazine rings is 1. The summed E-state index contributed by atoms with van der Waals surface area (Å²) >= 11 is 0. The van der Waals surface area contributed by atoms with Gasteiger partial charge in [0.2, 0.25) is 0 Å². The molecule has 0 spiro atoms. The molecule has 1 aliphatic heterocycles. The Labute approximate surface area is 212 Å². The average Bonchev–Trinajstić information content (AvgIpc) is 2.88. The summed E-state index contributed by atoms with van der Waals surface area (Å²) in [4.78, 5) is 24.3.